The Labute approximate surface area is 120 Å². The third-order valence-corrected chi connectivity index (χ3v) is 4.43. The molecule has 0 aliphatic carbocycles. The van der Waals surface area contributed by atoms with Gasteiger partial charge in [0.25, 0.3) is 0 Å². The van der Waals surface area contributed by atoms with Crippen LogP contribution in [0.2, 0.25) is 0 Å². The number of aromatic nitrogens is 2. The number of likely N-dealkylation sites (tertiary alicyclic amines) is 1. The number of benzene rings is 1. The van der Waals surface area contributed by atoms with Gasteiger partial charge in [-0.1, -0.05) is 18.2 Å². The van der Waals surface area contributed by atoms with Gasteiger partial charge in [0.05, 0.1) is 11.2 Å². The Morgan fingerprint density at radius 1 is 1.35 bits per heavy atom. The molecule has 2 aromatic rings. The summed E-state index contributed by atoms with van der Waals surface area (Å²) in [6.45, 7) is 2.97. The molecule has 0 radical (unpaired) electrons. The van der Waals surface area contributed by atoms with Crippen LogP contribution in [0.4, 0.5) is 0 Å². The maximum Gasteiger partial charge on any atom is 0.0843 e. The van der Waals surface area contributed by atoms with Crippen molar-refractivity contribution in [2.45, 2.75) is 38.3 Å². The maximum absolute atomic E-state index is 5.65. The lowest BCUT2D eigenvalue weighted by Gasteiger charge is -2.23. The predicted octanol–water partition coefficient (Wildman–Crippen LogP) is 2.28. The van der Waals surface area contributed by atoms with E-state index in [2.05, 4.69) is 29.2 Å². The molecule has 0 amide bonds. The zero-order valence-corrected chi connectivity index (χ0v) is 12.3. The first-order valence-corrected chi connectivity index (χ1v) is 7.64. The van der Waals surface area contributed by atoms with Gasteiger partial charge in [-0.2, -0.15) is 5.10 Å². The van der Waals surface area contributed by atoms with E-state index in [9.17, 15) is 0 Å². The van der Waals surface area contributed by atoms with Crippen molar-refractivity contribution < 1.29 is 0 Å². The Morgan fingerprint density at radius 2 is 2.20 bits per heavy atom. The van der Waals surface area contributed by atoms with E-state index < -0.39 is 0 Å². The lowest BCUT2D eigenvalue weighted by molar-refractivity contribution is 0.230. The fraction of sp³-hybridized carbons (Fsp3) is 0.562. The molecule has 1 saturated heterocycles. The Bertz CT molecular complexity index is 575. The highest BCUT2D eigenvalue weighted by atomic mass is 15.3. The zero-order chi connectivity index (χ0) is 13.9. The fourth-order valence-corrected chi connectivity index (χ4v) is 3.38. The molecule has 0 spiro atoms. The van der Waals surface area contributed by atoms with Gasteiger partial charge in [0.2, 0.25) is 0 Å². The van der Waals surface area contributed by atoms with Crippen LogP contribution in [-0.2, 0) is 13.6 Å². The predicted molar refractivity (Wildman–Crippen MR) is 82.4 cm³/mol. The van der Waals surface area contributed by atoms with Crippen LogP contribution in [0.1, 0.15) is 31.4 Å². The average molecular weight is 272 g/mol. The molecule has 4 heteroatoms. The Kier molecular flexibility index (Phi) is 4.03. The molecule has 1 aliphatic heterocycles. The zero-order valence-electron chi connectivity index (χ0n) is 12.3. The van der Waals surface area contributed by atoms with Crippen molar-refractivity contribution in [1.29, 1.82) is 0 Å². The minimum absolute atomic E-state index is 0.694. The van der Waals surface area contributed by atoms with Crippen LogP contribution in [0, 0.1) is 0 Å². The molecule has 2 N–H and O–H groups in total. The maximum atomic E-state index is 5.65. The molecule has 1 aromatic carbocycles. The van der Waals surface area contributed by atoms with Gasteiger partial charge in [-0.25, -0.2) is 0 Å². The molecular formula is C16H24N4. The van der Waals surface area contributed by atoms with E-state index in [0.717, 1.165) is 19.5 Å². The highest BCUT2D eigenvalue weighted by Gasteiger charge is 2.25. The largest absolute Gasteiger partial charge is 0.330 e. The smallest absolute Gasteiger partial charge is 0.0843 e. The van der Waals surface area contributed by atoms with E-state index in [1.54, 1.807) is 0 Å². The number of hydrogen-bond donors (Lipinski definition) is 1. The minimum Gasteiger partial charge on any atom is -0.330 e. The van der Waals surface area contributed by atoms with Gasteiger partial charge in [0.15, 0.2) is 0 Å². The van der Waals surface area contributed by atoms with Crippen molar-refractivity contribution in [3.8, 4) is 0 Å². The van der Waals surface area contributed by atoms with E-state index >= 15 is 0 Å². The molecule has 4 nitrogen and oxygen atoms in total. The Balaban J connectivity index is 1.79. The molecule has 3 rings (SSSR count). The number of hydrogen-bond acceptors (Lipinski definition) is 3. The van der Waals surface area contributed by atoms with Crippen LogP contribution >= 0.6 is 0 Å². The number of para-hydroxylation sites is 1. The monoisotopic (exact) mass is 272 g/mol. The van der Waals surface area contributed by atoms with Crippen molar-refractivity contribution in [2.24, 2.45) is 12.8 Å². The standard InChI is InChI=1S/C16H24N4/c1-19-16-9-3-2-8-14(16)15(18-19)12-20-11-5-7-13(20)6-4-10-17/h2-3,8-9,13H,4-7,10-12,17H2,1H3. The van der Waals surface area contributed by atoms with Crippen molar-refractivity contribution in [2.75, 3.05) is 13.1 Å². The van der Waals surface area contributed by atoms with E-state index in [1.165, 1.54) is 42.4 Å². The Hall–Kier alpha value is -1.39. The first kappa shape index (κ1) is 13.6. The summed E-state index contributed by atoms with van der Waals surface area (Å²) in [5.41, 5.74) is 8.08. The highest BCUT2D eigenvalue weighted by Crippen LogP contribution is 2.25. The molecule has 20 heavy (non-hydrogen) atoms. The van der Waals surface area contributed by atoms with Crippen LogP contribution in [-0.4, -0.2) is 33.8 Å². The number of fused-ring (bicyclic) bond motifs is 1. The topological polar surface area (TPSA) is 47.1 Å². The van der Waals surface area contributed by atoms with Gasteiger partial charge < -0.3 is 5.73 Å². The second-order valence-corrected chi connectivity index (χ2v) is 5.78. The molecule has 2 heterocycles. The van der Waals surface area contributed by atoms with Crippen molar-refractivity contribution >= 4 is 10.9 Å². The number of rotatable bonds is 5. The summed E-state index contributed by atoms with van der Waals surface area (Å²) < 4.78 is 2.00. The van der Waals surface area contributed by atoms with Gasteiger partial charge in [-0.15, -0.1) is 0 Å². The lowest BCUT2D eigenvalue weighted by Crippen LogP contribution is -2.29. The highest BCUT2D eigenvalue weighted by molar-refractivity contribution is 5.81. The fourth-order valence-electron chi connectivity index (χ4n) is 3.38. The van der Waals surface area contributed by atoms with Crippen molar-refractivity contribution in [1.82, 2.24) is 14.7 Å². The molecule has 1 atom stereocenters. The summed E-state index contributed by atoms with van der Waals surface area (Å²) in [5, 5.41) is 6.01. The molecule has 0 bridgehead atoms. The van der Waals surface area contributed by atoms with Crippen LogP contribution < -0.4 is 5.73 Å². The summed E-state index contributed by atoms with van der Waals surface area (Å²) in [6.07, 6.45) is 4.97. The van der Waals surface area contributed by atoms with E-state index in [0.29, 0.717) is 6.04 Å². The lowest BCUT2D eigenvalue weighted by atomic mass is 10.1. The van der Waals surface area contributed by atoms with Crippen LogP contribution in [0.3, 0.4) is 0 Å². The number of nitrogens with zero attached hydrogens (tertiary/aromatic N) is 3. The van der Waals surface area contributed by atoms with Crippen molar-refractivity contribution in [3.05, 3.63) is 30.0 Å². The summed E-state index contributed by atoms with van der Waals surface area (Å²) >= 11 is 0. The van der Waals surface area contributed by atoms with Crippen LogP contribution in [0.25, 0.3) is 10.9 Å². The van der Waals surface area contributed by atoms with E-state index in [1.807, 2.05) is 11.7 Å². The summed E-state index contributed by atoms with van der Waals surface area (Å²) in [7, 11) is 2.03. The average Bonchev–Trinajstić information content (AvgIpc) is 3.03. The third-order valence-electron chi connectivity index (χ3n) is 4.43. The van der Waals surface area contributed by atoms with Gasteiger partial charge in [0, 0.05) is 25.0 Å². The first-order chi connectivity index (χ1) is 9.79. The van der Waals surface area contributed by atoms with E-state index in [-0.39, 0.29) is 0 Å². The second kappa shape index (κ2) is 5.94. The molecular weight excluding hydrogens is 248 g/mol. The second-order valence-electron chi connectivity index (χ2n) is 5.78. The minimum atomic E-state index is 0.694. The molecule has 1 fully saturated rings. The van der Waals surface area contributed by atoms with E-state index in [4.69, 9.17) is 10.8 Å². The van der Waals surface area contributed by atoms with Gasteiger partial charge in [0.1, 0.15) is 0 Å². The van der Waals surface area contributed by atoms with Crippen LogP contribution in [0.15, 0.2) is 24.3 Å². The molecule has 1 unspecified atom stereocenters. The van der Waals surface area contributed by atoms with Crippen LogP contribution in [0.5, 0.6) is 0 Å². The molecule has 1 aliphatic rings. The molecule has 108 valence electrons. The first-order valence-electron chi connectivity index (χ1n) is 7.64. The van der Waals surface area contributed by atoms with Crippen molar-refractivity contribution in [3.63, 3.8) is 0 Å². The summed E-state index contributed by atoms with van der Waals surface area (Å²) in [5.74, 6) is 0. The molecule has 1 aromatic heterocycles. The third kappa shape index (κ3) is 2.58. The number of nitrogens with two attached hydrogens (primary N) is 1. The Morgan fingerprint density at radius 3 is 3.05 bits per heavy atom. The van der Waals surface area contributed by atoms with Gasteiger partial charge in [-0.3, -0.25) is 9.58 Å². The number of aryl methyl sites for hydroxylation is 1. The summed E-state index contributed by atoms with van der Waals surface area (Å²) in [6, 6.07) is 9.20. The normalized spacial score (nSPS) is 20.0. The quantitative estimate of drug-likeness (QED) is 0.908. The van der Waals surface area contributed by atoms with Gasteiger partial charge >= 0.3 is 0 Å². The molecule has 0 saturated carbocycles. The summed E-state index contributed by atoms with van der Waals surface area (Å²) in [4.78, 5) is 2.59. The SMILES string of the molecule is Cn1nc(CN2CCCC2CCCN)c2ccccc21. The van der Waals surface area contributed by atoms with Gasteiger partial charge in [-0.05, 0) is 44.8 Å².